The molecule has 0 saturated carbocycles. The van der Waals surface area contributed by atoms with Crippen LogP contribution in [-0.2, 0) is 14.3 Å². The first-order valence-electron chi connectivity index (χ1n) is 28.6. The third kappa shape index (κ3) is 40.0. The number of hydrogen-bond donors (Lipinski definition) is 6. The fourth-order valence-corrected chi connectivity index (χ4v) is 8.31. The summed E-state index contributed by atoms with van der Waals surface area (Å²) in [6.45, 7) is 3.62. The lowest BCUT2D eigenvalue weighted by atomic mass is 9.99. The van der Waals surface area contributed by atoms with E-state index in [-0.39, 0.29) is 12.5 Å². The van der Waals surface area contributed by atoms with E-state index in [0.717, 1.165) is 89.9 Å². The van der Waals surface area contributed by atoms with E-state index >= 15 is 0 Å². The van der Waals surface area contributed by atoms with E-state index in [9.17, 15) is 30.3 Å². The van der Waals surface area contributed by atoms with Gasteiger partial charge in [-0.05, 0) is 96.3 Å². The highest BCUT2D eigenvalue weighted by Crippen LogP contribution is 2.23. The van der Waals surface area contributed by atoms with Crippen molar-refractivity contribution >= 4 is 5.91 Å². The molecule has 0 bridgehead atoms. The Morgan fingerprint density at radius 1 is 0.493 bits per heavy atom. The summed E-state index contributed by atoms with van der Waals surface area (Å²) in [5.41, 5.74) is 0. The lowest BCUT2D eigenvalue weighted by Crippen LogP contribution is -2.60. The Kier molecular flexibility index (Phi) is 46.7. The number of unbranched alkanes of at least 4 members (excludes halogenated alkanes) is 21. The predicted molar refractivity (Wildman–Crippen MR) is 299 cm³/mol. The zero-order valence-electron chi connectivity index (χ0n) is 44.9. The largest absolute Gasteiger partial charge is 0.394 e. The van der Waals surface area contributed by atoms with Gasteiger partial charge in [-0.25, -0.2) is 0 Å². The molecule has 0 spiro atoms. The number of rotatable bonds is 47. The number of aliphatic hydroxyl groups is 5. The summed E-state index contributed by atoms with van der Waals surface area (Å²) in [4.78, 5) is 13.0. The molecular formula is C62H105NO8. The molecule has 1 aliphatic rings. The van der Waals surface area contributed by atoms with Gasteiger partial charge in [0.2, 0.25) is 5.91 Å². The van der Waals surface area contributed by atoms with Gasteiger partial charge in [0, 0.05) is 6.42 Å². The lowest BCUT2D eigenvalue weighted by molar-refractivity contribution is -0.302. The molecule has 0 aromatic carbocycles. The van der Waals surface area contributed by atoms with Crippen LogP contribution in [0.1, 0.15) is 219 Å². The van der Waals surface area contributed by atoms with E-state index in [0.29, 0.717) is 6.42 Å². The molecule has 0 radical (unpaired) electrons. The van der Waals surface area contributed by atoms with Crippen LogP contribution in [0.5, 0.6) is 0 Å². The topological polar surface area (TPSA) is 149 Å². The molecule has 0 aromatic rings. The predicted octanol–water partition coefficient (Wildman–Crippen LogP) is 14.2. The molecule has 1 heterocycles. The Morgan fingerprint density at radius 3 is 1.35 bits per heavy atom. The van der Waals surface area contributed by atoms with Crippen molar-refractivity contribution in [1.82, 2.24) is 5.32 Å². The van der Waals surface area contributed by atoms with Gasteiger partial charge >= 0.3 is 0 Å². The normalized spacial score (nSPS) is 20.1. The minimum absolute atomic E-state index is 0.196. The van der Waals surface area contributed by atoms with Crippen LogP contribution in [0.3, 0.4) is 0 Å². The smallest absolute Gasteiger partial charge is 0.220 e. The minimum Gasteiger partial charge on any atom is -0.394 e. The first-order chi connectivity index (χ1) is 34.8. The number of nitrogens with one attached hydrogen (secondary N) is 1. The van der Waals surface area contributed by atoms with Gasteiger partial charge < -0.3 is 40.3 Å². The van der Waals surface area contributed by atoms with Crippen LogP contribution in [0.25, 0.3) is 0 Å². The van der Waals surface area contributed by atoms with Gasteiger partial charge in [-0.2, -0.15) is 0 Å². The highest BCUT2D eigenvalue weighted by atomic mass is 16.7. The van der Waals surface area contributed by atoms with E-state index in [1.54, 1.807) is 6.08 Å². The number of amides is 1. The Hall–Kier alpha value is -3.15. The molecule has 0 aromatic heterocycles. The fraction of sp³-hybridized carbons (Fsp3) is 0.694. The summed E-state index contributed by atoms with van der Waals surface area (Å²) in [5.74, 6) is -0.196. The van der Waals surface area contributed by atoms with E-state index in [1.807, 2.05) is 6.08 Å². The second-order valence-electron chi connectivity index (χ2n) is 19.3. The summed E-state index contributed by atoms with van der Waals surface area (Å²) < 4.78 is 11.2. The van der Waals surface area contributed by atoms with E-state index in [1.165, 1.54) is 109 Å². The van der Waals surface area contributed by atoms with Gasteiger partial charge in [-0.3, -0.25) is 4.79 Å². The van der Waals surface area contributed by atoms with Gasteiger partial charge in [-0.1, -0.05) is 226 Å². The van der Waals surface area contributed by atoms with Gasteiger partial charge in [0.15, 0.2) is 6.29 Å². The maximum Gasteiger partial charge on any atom is 0.220 e. The molecule has 7 unspecified atom stereocenters. The molecule has 9 heteroatoms. The molecule has 1 amide bonds. The molecule has 0 aliphatic carbocycles. The number of aliphatic hydroxyl groups excluding tert-OH is 5. The summed E-state index contributed by atoms with van der Waals surface area (Å²) in [6, 6.07) is -0.834. The van der Waals surface area contributed by atoms with Crippen LogP contribution in [0.2, 0.25) is 0 Å². The first kappa shape index (κ1) is 65.9. The monoisotopic (exact) mass is 992 g/mol. The second-order valence-corrected chi connectivity index (χ2v) is 19.3. The number of hydrogen-bond acceptors (Lipinski definition) is 8. The quantitative estimate of drug-likeness (QED) is 0.0261. The SMILES string of the molecule is CC/C=C\C/C=C\C/C=C\C/C=C\C/C=C\C/C=C\CCCCCCCCCCCCCCCCC(=O)NC(COC1OC(CO)C(O)C(O)C1O)C(O)/C=C/CC/C=C/CC/C=C/CCCCCCC. The maximum absolute atomic E-state index is 13.0. The summed E-state index contributed by atoms with van der Waals surface area (Å²) >= 11 is 0. The summed E-state index contributed by atoms with van der Waals surface area (Å²) in [7, 11) is 0. The van der Waals surface area contributed by atoms with E-state index < -0.39 is 49.5 Å². The number of allylic oxidation sites excluding steroid dienone is 17. The molecule has 1 rings (SSSR count). The molecule has 71 heavy (non-hydrogen) atoms. The Bertz CT molecular complexity index is 1480. The van der Waals surface area contributed by atoms with Crippen LogP contribution in [0, 0.1) is 0 Å². The van der Waals surface area contributed by atoms with E-state index in [4.69, 9.17) is 9.47 Å². The number of ether oxygens (including phenoxy) is 2. The van der Waals surface area contributed by atoms with Gasteiger partial charge in [0.25, 0.3) is 0 Å². The van der Waals surface area contributed by atoms with Crippen molar-refractivity contribution < 1.29 is 39.8 Å². The van der Waals surface area contributed by atoms with Crippen molar-refractivity contribution in [3.05, 3.63) is 109 Å². The fourth-order valence-electron chi connectivity index (χ4n) is 8.31. The van der Waals surface area contributed by atoms with Crippen molar-refractivity contribution in [2.75, 3.05) is 13.2 Å². The van der Waals surface area contributed by atoms with Crippen LogP contribution < -0.4 is 5.32 Å². The van der Waals surface area contributed by atoms with Crippen molar-refractivity contribution in [2.24, 2.45) is 0 Å². The van der Waals surface area contributed by atoms with Crippen LogP contribution >= 0.6 is 0 Å². The van der Waals surface area contributed by atoms with Crippen LogP contribution in [0.15, 0.2) is 109 Å². The number of carbonyl (C=O) groups excluding carboxylic acids is 1. The lowest BCUT2D eigenvalue weighted by Gasteiger charge is -2.40. The van der Waals surface area contributed by atoms with E-state index in [2.05, 4.69) is 116 Å². The molecule has 9 nitrogen and oxygen atoms in total. The third-order valence-corrected chi connectivity index (χ3v) is 12.8. The maximum atomic E-state index is 13.0. The molecule has 7 atom stereocenters. The molecule has 6 N–H and O–H groups in total. The second kappa shape index (κ2) is 50.4. The third-order valence-electron chi connectivity index (χ3n) is 12.8. The molecule has 406 valence electrons. The first-order valence-corrected chi connectivity index (χ1v) is 28.6. The highest BCUT2D eigenvalue weighted by molar-refractivity contribution is 5.76. The molecular weight excluding hydrogens is 887 g/mol. The van der Waals surface area contributed by atoms with Crippen molar-refractivity contribution in [2.45, 2.75) is 262 Å². The van der Waals surface area contributed by atoms with Crippen LogP contribution in [-0.4, -0.2) is 87.5 Å². The average Bonchev–Trinajstić information content (AvgIpc) is 3.37. The summed E-state index contributed by atoms with van der Waals surface area (Å²) in [6.07, 6.45) is 67.3. The average molecular weight is 993 g/mol. The standard InChI is InChI=1S/C62H105NO8/c1-3-5-7-9-11-13-15-17-19-20-21-22-23-24-25-26-27-28-29-30-31-32-33-34-35-36-38-40-42-44-46-48-50-52-58(66)63-55(54-70-62-61(69)60(68)59(67)57(53-64)71-62)56(65)51-49-47-45-43-41-39-37-18-16-14-12-10-8-6-4-2/h5,7,11,13,16-19,21-22,24-25,27-28,41,43,49,51,55-57,59-62,64-65,67-69H,3-4,6,8-10,12,14-15,20,23,26,29-40,42,44-48,50,52-54H2,1-2H3,(H,63,66)/b7-5-,13-11-,18-16+,19-17-,22-21-,25-24-,28-27-,43-41+,51-49+. The zero-order chi connectivity index (χ0) is 51.5. The van der Waals surface area contributed by atoms with Crippen molar-refractivity contribution in [3.8, 4) is 0 Å². The van der Waals surface area contributed by atoms with Gasteiger partial charge in [0.05, 0.1) is 25.4 Å². The van der Waals surface area contributed by atoms with Crippen molar-refractivity contribution in [1.29, 1.82) is 0 Å². The Labute approximate surface area is 434 Å². The zero-order valence-corrected chi connectivity index (χ0v) is 44.9. The molecule has 1 aliphatic heterocycles. The van der Waals surface area contributed by atoms with Gasteiger partial charge in [0.1, 0.15) is 24.4 Å². The Morgan fingerprint density at radius 2 is 0.887 bits per heavy atom. The number of carbonyl (C=O) groups is 1. The summed E-state index contributed by atoms with van der Waals surface area (Å²) in [5, 5.41) is 54.4. The molecule has 1 saturated heterocycles. The molecule has 1 fully saturated rings. The van der Waals surface area contributed by atoms with Crippen molar-refractivity contribution in [3.63, 3.8) is 0 Å². The van der Waals surface area contributed by atoms with Crippen LogP contribution in [0.4, 0.5) is 0 Å². The van der Waals surface area contributed by atoms with Gasteiger partial charge in [-0.15, -0.1) is 0 Å². The highest BCUT2D eigenvalue weighted by Gasteiger charge is 2.44. The minimum atomic E-state index is -1.58. The Balaban J connectivity index is 2.19.